The molecule has 9 heteroatoms. The molecule has 1 aliphatic carbocycles. The number of rotatable bonds is 6. The minimum atomic E-state index is -0.380. The average molecular weight is 406 g/mol. The molecule has 1 aliphatic rings. The van der Waals surface area contributed by atoms with Crippen LogP contribution < -0.4 is 11.4 Å². The van der Waals surface area contributed by atoms with Crippen LogP contribution in [0.5, 0.6) is 0 Å². The molecule has 0 aliphatic heterocycles. The Hall–Kier alpha value is -1.84. The highest BCUT2D eigenvalue weighted by atomic mass is 32.2. The molecular weight excluding hydrogens is 390 g/mol. The van der Waals surface area contributed by atoms with Crippen molar-refractivity contribution < 1.29 is 9.21 Å². The van der Waals surface area contributed by atoms with Gasteiger partial charge in [0.2, 0.25) is 5.91 Å². The number of benzene rings is 1. The topological polar surface area (TPSA) is 99.1 Å². The number of nitrogens with zero attached hydrogens (tertiary/aromatic N) is 2. The normalized spacial score (nSPS) is 13.2. The lowest BCUT2D eigenvalue weighted by atomic mass is 10.0. The molecule has 0 atom stereocenters. The van der Waals surface area contributed by atoms with Gasteiger partial charge in [-0.15, -0.1) is 10.2 Å². The van der Waals surface area contributed by atoms with E-state index in [2.05, 4.69) is 16.3 Å². The lowest BCUT2D eigenvalue weighted by Gasteiger charge is -2.07. The van der Waals surface area contributed by atoms with Gasteiger partial charge < -0.3 is 10.2 Å². The summed E-state index contributed by atoms with van der Waals surface area (Å²) in [4.78, 5) is 22.8. The lowest BCUT2D eigenvalue weighted by Crippen LogP contribution is -2.12. The summed E-state index contributed by atoms with van der Waals surface area (Å²) >= 11 is 4.22. The van der Waals surface area contributed by atoms with Gasteiger partial charge in [-0.25, -0.2) is 4.79 Å². The van der Waals surface area contributed by atoms with E-state index in [9.17, 15) is 9.59 Å². The van der Waals surface area contributed by atoms with Gasteiger partial charge in [0.25, 0.3) is 0 Å². The second kappa shape index (κ2) is 7.42. The van der Waals surface area contributed by atoms with Gasteiger partial charge in [-0.3, -0.25) is 4.79 Å². The number of fused-ring (bicyclic) bond motifs is 2. The summed E-state index contributed by atoms with van der Waals surface area (Å²) in [6, 6.07) is 5.72. The van der Waals surface area contributed by atoms with Gasteiger partial charge in [-0.05, 0) is 48.1 Å². The van der Waals surface area contributed by atoms with E-state index < -0.39 is 0 Å². The molecule has 6 nitrogen and oxygen atoms in total. The van der Waals surface area contributed by atoms with Crippen molar-refractivity contribution >= 4 is 51.7 Å². The number of thioether (sulfide) groups is 2. The SMILES string of the molecule is NC(=O)CSc1nnc(SCc2cc(=O)oc3cc4c(cc23)CCC4)s1. The Balaban J connectivity index is 1.55. The number of hydrogen-bond acceptors (Lipinski definition) is 8. The van der Waals surface area contributed by atoms with Gasteiger partial charge in [-0.1, -0.05) is 34.9 Å². The van der Waals surface area contributed by atoms with Crippen molar-refractivity contribution in [2.75, 3.05) is 5.75 Å². The number of amides is 1. The Morgan fingerprint density at radius 2 is 1.88 bits per heavy atom. The highest BCUT2D eigenvalue weighted by molar-refractivity contribution is 8.03. The van der Waals surface area contributed by atoms with Crippen molar-refractivity contribution in [2.24, 2.45) is 5.73 Å². The Labute approximate surface area is 161 Å². The Bertz CT molecular complexity index is 1040. The highest BCUT2D eigenvalue weighted by Gasteiger charge is 2.16. The molecule has 134 valence electrons. The second-order valence-electron chi connectivity index (χ2n) is 5.94. The molecule has 2 heterocycles. The van der Waals surface area contributed by atoms with Crippen molar-refractivity contribution in [3.63, 3.8) is 0 Å². The average Bonchev–Trinajstić information content (AvgIpc) is 3.24. The van der Waals surface area contributed by atoms with Crippen LogP contribution in [0.15, 0.2) is 36.1 Å². The van der Waals surface area contributed by atoms with E-state index >= 15 is 0 Å². The van der Waals surface area contributed by atoms with Gasteiger partial charge in [0.15, 0.2) is 8.68 Å². The van der Waals surface area contributed by atoms with E-state index in [4.69, 9.17) is 10.2 Å². The van der Waals surface area contributed by atoms with Crippen LogP contribution in [0.1, 0.15) is 23.1 Å². The van der Waals surface area contributed by atoms with Crippen LogP contribution in [0, 0.1) is 0 Å². The molecule has 0 unspecified atom stereocenters. The van der Waals surface area contributed by atoms with Crippen molar-refractivity contribution in [1.29, 1.82) is 0 Å². The van der Waals surface area contributed by atoms with E-state index in [1.165, 1.54) is 46.0 Å². The molecule has 0 spiro atoms. The predicted octanol–water partition coefficient (Wildman–Crippen LogP) is 3.00. The van der Waals surface area contributed by atoms with Crippen molar-refractivity contribution in [3.8, 4) is 0 Å². The third-order valence-electron chi connectivity index (χ3n) is 4.12. The standard InChI is InChI=1S/C17H15N3O3S3/c18-14(21)8-25-17-20-19-16(26-17)24-7-11-6-15(22)23-13-5-10-3-1-2-9(10)4-12(11)13/h4-6H,1-3,7-8H2,(H2,18,21). The van der Waals surface area contributed by atoms with Crippen LogP contribution in [-0.4, -0.2) is 21.9 Å². The molecule has 2 N–H and O–H groups in total. The number of carbonyl (C=O) groups excluding carboxylic acids is 1. The van der Waals surface area contributed by atoms with Crippen molar-refractivity contribution in [1.82, 2.24) is 10.2 Å². The Morgan fingerprint density at radius 1 is 1.15 bits per heavy atom. The maximum absolute atomic E-state index is 11.9. The molecular formula is C17H15N3O3S3. The number of primary amides is 1. The van der Waals surface area contributed by atoms with Crippen LogP contribution in [-0.2, 0) is 23.4 Å². The van der Waals surface area contributed by atoms with Crippen LogP contribution in [0.4, 0.5) is 0 Å². The maximum Gasteiger partial charge on any atom is 0.336 e. The Morgan fingerprint density at radius 3 is 2.65 bits per heavy atom. The molecule has 4 rings (SSSR count). The zero-order chi connectivity index (χ0) is 18.1. The quantitative estimate of drug-likeness (QED) is 0.497. The number of aryl methyl sites for hydroxylation is 2. The molecule has 2 aromatic heterocycles. The molecule has 26 heavy (non-hydrogen) atoms. The summed E-state index contributed by atoms with van der Waals surface area (Å²) in [5.74, 6) is 0.416. The minimum absolute atomic E-state index is 0.189. The van der Waals surface area contributed by atoms with Crippen molar-refractivity contribution in [2.45, 2.75) is 33.7 Å². The second-order valence-corrected chi connectivity index (χ2v) is 9.36. The fourth-order valence-corrected chi connectivity index (χ4v) is 5.75. The van der Waals surface area contributed by atoms with Gasteiger partial charge in [0, 0.05) is 17.2 Å². The Kier molecular flexibility index (Phi) is 5.01. The van der Waals surface area contributed by atoms with E-state index in [1.807, 2.05) is 6.07 Å². The molecule has 0 radical (unpaired) electrons. The van der Waals surface area contributed by atoms with E-state index in [0.717, 1.165) is 34.6 Å². The molecule has 0 saturated carbocycles. The first-order chi connectivity index (χ1) is 12.6. The minimum Gasteiger partial charge on any atom is -0.423 e. The first-order valence-corrected chi connectivity index (χ1v) is 10.8. The predicted molar refractivity (Wildman–Crippen MR) is 104 cm³/mol. The monoisotopic (exact) mass is 405 g/mol. The van der Waals surface area contributed by atoms with Crippen LogP contribution >= 0.6 is 34.9 Å². The summed E-state index contributed by atoms with van der Waals surface area (Å²) in [6.45, 7) is 0. The number of nitrogens with two attached hydrogens (primary N) is 1. The van der Waals surface area contributed by atoms with Gasteiger partial charge in [0.1, 0.15) is 5.58 Å². The zero-order valence-electron chi connectivity index (χ0n) is 13.7. The van der Waals surface area contributed by atoms with Crippen molar-refractivity contribution in [3.05, 3.63) is 45.3 Å². The number of carbonyl (C=O) groups is 1. The number of aromatic nitrogens is 2. The molecule has 1 amide bonds. The van der Waals surface area contributed by atoms with E-state index in [1.54, 1.807) is 6.07 Å². The summed E-state index contributed by atoms with van der Waals surface area (Å²) in [5, 5.41) is 9.17. The van der Waals surface area contributed by atoms with Crippen LogP contribution in [0.25, 0.3) is 11.0 Å². The summed E-state index contributed by atoms with van der Waals surface area (Å²) < 4.78 is 6.90. The third kappa shape index (κ3) is 3.79. The summed E-state index contributed by atoms with van der Waals surface area (Å²) in [7, 11) is 0. The zero-order valence-corrected chi connectivity index (χ0v) is 16.1. The third-order valence-corrected chi connectivity index (χ3v) is 7.38. The molecule has 0 bridgehead atoms. The summed E-state index contributed by atoms with van der Waals surface area (Å²) in [6.07, 6.45) is 3.27. The maximum atomic E-state index is 11.9. The first-order valence-electron chi connectivity index (χ1n) is 8.04. The lowest BCUT2D eigenvalue weighted by molar-refractivity contribution is -0.115. The molecule has 3 aromatic rings. The van der Waals surface area contributed by atoms with Gasteiger partial charge >= 0.3 is 5.63 Å². The first kappa shape index (κ1) is 17.6. The van der Waals surface area contributed by atoms with Crippen LogP contribution in [0.2, 0.25) is 0 Å². The largest absolute Gasteiger partial charge is 0.423 e. The molecule has 0 saturated heterocycles. The van der Waals surface area contributed by atoms with Gasteiger partial charge in [0.05, 0.1) is 5.75 Å². The molecule has 0 fully saturated rings. The number of hydrogen-bond donors (Lipinski definition) is 1. The summed E-state index contributed by atoms with van der Waals surface area (Å²) in [5.41, 5.74) is 9.04. The highest BCUT2D eigenvalue weighted by Crippen LogP contribution is 2.33. The van der Waals surface area contributed by atoms with Crippen LogP contribution in [0.3, 0.4) is 0 Å². The smallest absolute Gasteiger partial charge is 0.336 e. The van der Waals surface area contributed by atoms with E-state index in [0.29, 0.717) is 15.7 Å². The fourth-order valence-electron chi connectivity index (χ4n) is 3.00. The molecule has 1 aromatic carbocycles. The van der Waals surface area contributed by atoms with E-state index in [-0.39, 0.29) is 17.3 Å². The fraction of sp³-hybridized carbons (Fsp3) is 0.294. The van der Waals surface area contributed by atoms with Gasteiger partial charge in [-0.2, -0.15) is 0 Å².